The number of cyclic esters (lactones) is 1. The van der Waals surface area contributed by atoms with Crippen molar-refractivity contribution in [1.82, 2.24) is 0 Å². The summed E-state index contributed by atoms with van der Waals surface area (Å²) >= 11 is 0. The summed E-state index contributed by atoms with van der Waals surface area (Å²) in [5.41, 5.74) is 2.08. The number of carbonyl (C=O) groups excluding carboxylic acids is 1. The Labute approximate surface area is 170 Å². The Morgan fingerprint density at radius 2 is 1.93 bits per heavy atom. The zero-order chi connectivity index (χ0) is 21.3. The average Bonchev–Trinajstić information content (AvgIpc) is 2.92. The number of aryl methyl sites for hydroxylation is 2. The summed E-state index contributed by atoms with van der Waals surface area (Å²) < 4.78 is 37.6. The highest BCUT2D eigenvalue weighted by atomic mass is 19.1. The van der Waals surface area contributed by atoms with E-state index in [4.69, 9.17) is 18.9 Å². The Morgan fingerprint density at radius 3 is 2.66 bits per heavy atom. The van der Waals surface area contributed by atoms with E-state index in [0.29, 0.717) is 17.7 Å². The third-order valence-corrected chi connectivity index (χ3v) is 5.08. The van der Waals surface area contributed by atoms with Crippen molar-refractivity contribution < 1.29 is 33.2 Å². The van der Waals surface area contributed by atoms with E-state index in [0.717, 1.165) is 11.1 Å². The van der Waals surface area contributed by atoms with Crippen molar-refractivity contribution in [2.75, 3.05) is 6.61 Å². The number of aliphatic hydroxyl groups is 1. The molecule has 1 saturated heterocycles. The first-order valence-electron chi connectivity index (χ1n) is 9.91. The van der Waals surface area contributed by atoms with Gasteiger partial charge in [0.15, 0.2) is 5.79 Å². The highest BCUT2D eigenvalue weighted by molar-refractivity contribution is 5.94. The quantitative estimate of drug-likeness (QED) is 0.659. The molecule has 2 aliphatic rings. The molecule has 29 heavy (non-hydrogen) atoms. The molecule has 160 valence electrons. The molecule has 4 atom stereocenters. The topological polar surface area (TPSA) is 74.2 Å². The van der Waals surface area contributed by atoms with Crippen LogP contribution < -0.4 is 4.74 Å². The van der Waals surface area contributed by atoms with Gasteiger partial charge in [-0.15, -0.1) is 0 Å². The minimum Gasteiger partial charge on any atom is -0.493 e. The molecule has 6 nitrogen and oxygen atoms in total. The smallest absolute Gasteiger partial charge is 0.342 e. The van der Waals surface area contributed by atoms with Crippen molar-refractivity contribution in [2.45, 2.75) is 77.7 Å². The van der Waals surface area contributed by atoms with Gasteiger partial charge in [-0.2, -0.15) is 0 Å². The Bertz CT molecular complexity index is 803. The lowest BCUT2D eigenvalue weighted by molar-refractivity contribution is -0.154. The average molecular weight is 408 g/mol. The third-order valence-electron chi connectivity index (χ3n) is 5.08. The van der Waals surface area contributed by atoms with Gasteiger partial charge in [0, 0.05) is 12.8 Å². The van der Waals surface area contributed by atoms with Crippen LogP contribution in [0.15, 0.2) is 24.0 Å². The largest absolute Gasteiger partial charge is 0.493 e. The Morgan fingerprint density at radius 1 is 1.21 bits per heavy atom. The lowest BCUT2D eigenvalue weighted by atomic mass is 10.0. The molecule has 0 aliphatic carbocycles. The number of hydrogen-bond donors (Lipinski definition) is 1. The van der Waals surface area contributed by atoms with Gasteiger partial charge in [-0.25, -0.2) is 9.18 Å². The Balaban J connectivity index is 1.94. The maximum Gasteiger partial charge on any atom is 0.342 e. The van der Waals surface area contributed by atoms with E-state index >= 15 is 0 Å². The Kier molecular flexibility index (Phi) is 6.31. The third kappa shape index (κ3) is 4.97. The van der Waals surface area contributed by atoms with Crippen molar-refractivity contribution in [3.05, 3.63) is 40.7 Å². The summed E-state index contributed by atoms with van der Waals surface area (Å²) in [6.07, 6.45) is -1.74. The highest BCUT2D eigenvalue weighted by Gasteiger charge is 2.45. The molecule has 0 bridgehead atoms. The second kappa shape index (κ2) is 8.42. The summed E-state index contributed by atoms with van der Waals surface area (Å²) in [7, 11) is 0. The predicted molar refractivity (Wildman–Crippen MR) is 105 cm³/mol. The van der Waals surface area contributed by atoms with Crippen LogP contribution in [0.3, 0.4) is 0 Å². The molecule has 7 heteroatoms. The molecule has 0 saturated carbocycles. The summed E-state index contributed by atoms with van der Waals surface area (Å²) in [5, 5.41) is 10.5. The van der Waals surface area contributed by atoms with Crippen LogP contribution in [0.4, 0.5) is 4.39 Å². The number of halogens is 1. The zero-order valence-electron chi connectivity index (χ0n) is 17.5. The van der Waals surface area contributed by atoms with Crippen LogP contribution >= 0.6 is 0 Å². The maximum atomic E-state index is 14.6. The molecule has 1 fully saturated rings. The summed E-state index contributed by atoms with van der Waals surface area (Å²) in [6, 6.07) is 3.68. The van der Waals surface area contributed by atoms with Gasteiger partial charge in [0.2, 0.25) is 0 Å². The van der Waals surface area contributed by atoms with Crippen molar-refractivity contribution in [3.8, 4) is 5.75 Å². The molecule has 1 aromatic rings. The van der Waals surface area contributed by atoms with E-state index in [2.05, 4.69) is 0 Å². The number of aliphatic hydroxyl groups excluding tert-OH is 1. The maximum absolute atomic E-state index is 14.6. The number of benzene rings is 1. The zero-order valence-corrected chi connectivity index (χ0v) is 17.5. The molecule has 0 radical (unpaired) electrons. The summed E-state index contributed by atoms with van der Waals surface area (Å²) in [5.74, 6) is -1.75. The molecule has 2 aliphatic heterocycles. The number of hydrogen-bond acceptors (Lipinski definition) is 6. The minimum atomic E-state index is -1.47. The van der Waals surface area contributed by atoms with E-state index in [1.54, 1.807) is 26.8 Å². The molecule has 3 rings (SSSR count). The molecular formula is C22H29FO6. The van der Waals surface area contributed by atoms with Crippen molar-refractivity contribution in [2.24, 2.45) is 0 Å². The van der Waals surface area contributed by atoms with Gasteiger partial charge in [-0.3, -0.25) is 0 Å². The summed E-state index contributed by atoms with van der Waals surface area (Å²) in [6.45, 7) is 9.07. The van der Waals surface area contributed by atoms with E-state index in [1.807, 2.05) is 19.9 Å². The van der Waals surface area contributed by atoms with E-state index < -0.39 is 42.0 Å². The number of ether oxygens (including phenoxy) is 4. The molecule has 0 aromatic heterocycles. The molecule has 1 N–H and O–H groups in total. The SMILES string of the molecule is Cc1cc(C)c2c(c1)OCC[C@@H]1OC(C)(C)O[C@@H]1C(O)/C(F)=C\C[C@H](C)OC2=O. The number of esters is 1. The molecule has 2 heterocycles. The van der Waals surface area contributed by atoms with Crippen molar-refractivity contribution >= 4 is 5.97 Å². The van der Waals surface area contributed by atoms with Gasteiger partial charge >= 0.3 is 5.97 Å². The predicted octanol–water partition coefficient (Wildman–Crippen LogP) is 3.76. The van der Waals surface area contributed by atoms with Gasteiger partial charge in [0.25, 0.3) is 0 Å². The molecule has 1 aromatic carbocycles. The van der Waals surface area contributed by atoms with Crippen LogP contribution in [0.25, 0.3) is 0 Å². The fourth-order valence-electron chi connectivity index (χ4n) is 3.79. The fraction of sp³-hybridized carbons (Fsp3) is 0.591. The minimum absolute atomic E-state index is 0.122. The van der Waals surface area contributed by atoms with Crippen molar-refractivity contribution in [3.63, 3.8) is 0 Å². The first-order valence-corrected chi connectivity index (χ1v) is 9.91. The lowest BCUT2D eigenvalue weighted by Gasteiger charge is -2.23. The fourth-order valence-corrected chi connectivity index (χ4v) is 3.79. The summed E-state index contributed by atoms with van der Waals surface area (Å²) in [4.78, 5) is 12.7. The molecule has 1 unspecified atom stereocenters. The van der Waals surface area contributed by atoms with E-state index in [1.165, 1.54) is 6.08 Å². The van der Waals surface area contributed by atoms with Crippen LogP contribution in [-0.2, 0) is 14.2 Å². The highest BCUT2D eigenvalue weighted by Crippen LogP contribution is 2.34. The molecule has 0 spiro atoms. The van der Waals surface area contributed by atoms with Gasteiger partial charge in [0.1, 0.15) is 35.5 Å². The second-order valence-electron chi connectivity index (χ2n) is 8.22. The van der Waals surface area contributed by atoms with Crippen LogP contribution in [0.1, 0.15) is 55.1 Å². The van der Waals surface area contributed by atoms with Crippen LogP contribution in [0.2, 0.25) is 0 Å². The lowest BCUT2D eigenvalue weighted by Crippen LogP contribution is -2.37. The normalized spacial score (nSPS) is 32.1. The van der Waals surface area contributed by atoms with E-state index in [-0.39, 0.29) is 13.0 Å². The van der Waals surface area contributed by atoms with E-state index in [9.17, 15) is 14.3 Å². The monoisotopic (exact) mass is 408 g/mol. The van der Waals surface area contributed by atoms with Gasteiger partial charge in [0.05, 0.1) is 12.7 Å². The Hall–Kier alpha value is -1.96. The number of carbonyl (C=O) groups is 1. The van der Waals surface area contributed by atoms with Gasteiger partial charge in [-0.1, -0.05) is 6.07 Å². The van der Waals surface area contributed by atoms with Gasteiger partial charge < -0.3 is 24.1 Å². The molecular weight excluding hydrogens is 379 g/mol. The van der Waals surface area contributed by atoms with Crippen LogP contribution in [-0.4, -0.2) is 47.9 Å². The van der Waals surface area contributed by atoms with Gasteiger partial charge in [-0.05, 0) is 57.9 Å². The number of fused-ring (bicyclic) bond motifs is 2. The van der Waals surface area contributed by atoms with Crippen LogP contribution in [0, 0.1) is 13.8 Å². The number of rotatable bonds is 0. The first kappa shape index (κ1) is 21.7. The van der Waals surface area contributed by atoms with Crippen molar-refractivity contribution in [1.29, 1.82) is 0 Å². The molecule has 0 amide bonds. The van der Waals surface area contributed by atoms with Crippen LogP contribution in [0.5, 0.6) is 5.75 Å². The second-order valence-corrected chi connectivity index (χ2v) is 8.22. The standard InChI is InChI=1S/C22H29FO6/c1-12-10-13(2)18-17(11-12)26-9-8-16-20(29-22(4,5)28-16)19(24)15(23)7-6-14(3)27-21(18)25/h7,10-11,14,16,19-20,24H,6,8-9H2,1-5H3/b15-7+/t14-,16-,19?,20-/m0/s1. The first-order chi connectivity index (χ1) is 13.6.